The van der Waals surface area contributed by atoms with Gasteiger partial charge < -0.3 is 4.74 Å². The van der Waals surface area contributed by atoms with Crippen LogP contribution in [0.4, 0.5) is 17.6 Å². The Kier molecular flexibility index (Phi) is 9.60. The third kappa shape index (κ3) is 7.29. The fourth-order valence-electron chi connectivity index (χ4n) is 4.54. The minimum absolute atomic E-state index is 0.0933. The number of alkyl halides is 2. The first kappa shape index (κ1) is 23.0. The van der Waals surface area contributed by atoms with E-state index in [1.54, 1.807) is 0 Å². The molecule has 0 saturated heterocycles. The van der Waals surface area contributed by atoms with Crippen molar-refractivity contribution >= 4 is 0 Å². The minimum atomic E-state index is -3.24. The Balaban J connectivity index is 1.73. The van der Waals surface area contributed by atoms with Crippen molar-refractivity contribution in [3.05, 3.63) is 29.3 Å². The van der Waals surface area contributed by atoms with Crippen LogP contribution in [0.5, 0.6) is 5.75 Å². The molecule has 1 fully saturated rings. The highest BCUT2D eigenvalue weighted by atomic mass is 19.3. The number of hydrogen-bond donors (Lipinski definition) is 0. The van der Waals surface area contributed by atoms with Crippen LogP contribution in [-0.2, 0) is 0 Å². The van der Waals surface area contributed by atoms with Gasteiger partial charge in [0.05, 0.1) is 0 Å². The SMILES string of the molecule is CCCC(C)CCCCCC1CCC(c2cc(F)c(OC(F)F)c(F)c2)CC1. The predicted octanol–water partition coefficient (Wildman–Crippen LogP) is 8.23. The van der Waals surface area contributed by atoms with Crippen molar-refractivity contribution in [1.29, 1.82) is 0 Å². The van der Waals surface area contributed by atoms with Gasteiger partial charge in [-0.2, -0.15) is 8.78 Å². The maximum Gasteiger partial charge on any atom is 0.387 e. The zero-order chi connectivity index (χ0) is 20.5. The van der Waals surface area contributed by atoms with Crippen LogP contribution in [0, 0.1) is 23.5 Å². The molecule has 28 heavy (non-hydrogen) atoms. The quantitative estimate of drug-likeness (QED) is 0.267. The van der Waals surface area contributed by atoms with Crippen LogP contribution in [-0.4, -0.2) is 6.61 Å². The van der Waals surface area contributed by atoms with Gasteiger partial charge in [-0.25, -0.2) is 8.78 Å². The second kappa shape index (κ2) is 11.7. The molecular formula is C23H34F4O. The van der Waals surface area contributed by atoms with Gasteiger partial charge in [0.15, 0.2) is 17.4 Å². The van der Waals surface area contributed by atoms with Gasteiger partial charge in [0.1, 0.15) is 0 Å². The van der Waals surface area contributed by atoms with Crippen LogP contribution in [0.25, 0.3) is 0 Å². The highest BCUT2D eigenvalue weighted by Crippen LogP contribution is 2.39. The molecule has 1 unspecified atom stereocenters. The summed E-state index contributed by atoms with van der Waals surface area (Å²) >= 11 is 0. The number of rotatable bonds is 11. The summed E-state index contributed by atoms with van der Waals surface area (Å²) in [4.78, 5) is 0. The van der Waals surface area contributed by atoms with Crippen LogP contribution in [0.1, 0.15) is 96.0 Å². The average molecular weight is 403 g/mol. The molecule has 5 heteroatoms. The minimum Gasteiger partial charge on any atom is -0.429 e. The van der Waals surface area contributed by atoms with E-state index >= 15 is 0 Å². The third-order valence-corrected chi connectivity index (χ3v) is 6.14. The van der Waals surface area contributed by atoms with Gasteiger partial charge in [-0.1, -0.05) is 58.8 Å². The molecule has 1 saturated carbocycles. The van der Waals surface area contributed by atoms with E-state index in [4.69, 9.17) is 0 Å². The molecule has 0 spiro atoms. The Labute approximate surface area is 166 Å². The standard InChI is InChI=1S/C23H34F4O/c1-3-7-16(2)8-5-4-6-9-17-10-12-18(13-11-17)19-14-20(24)22(21(25)15-19)28-23(26)27/h14-18,23H,3-13H2,1-2H3. The Hall–Kier alpha value is -1.26. The summed E-state index contributed by atoms with van der Waals surface area (Å²) in [6.07, 6.45) is 12.9. The Morgan fingerprint density at radius 1 is 0.964 bits per heavy atom. The summed E-state index contributed by atoms with van der Waals surface area (Å²) in [5.41, 5.74) is 0.556. The summed E-state index contributed by atoms with van der Waals surface area (Å²) in [6.45, 7) is 1.34. The molecular weight excluding hydrogens is 368 g/mol. The Morgan fingerprint density at radius 3 is 2.18 bits per heavy atom. The van der Waals surface area contributed by atoms with E-state index in [1.165, 1.54) is 44.9 Å². The Morgan fingerprint density at radius 2 is 1.61 bits per heavy atom. The number of ether oxygens (including phenoxy) is 1. The molecule has 1 aliphatic rings. The molecule has 0 amide bonds. The fraction of sp³-hybridized carbons (Fsp3) is 0.739. The highest BCUT2D eigenvalue weighted by Gasteiger charge is 2.25. The first-order chi connectivity index (χ1) is 13.4. The molecule has 1 aliphatic carbocycles. The van der Waals surface area contributed by atoms with Crippen molar-refractivity contribution < 1.29 is 22.3 Å². The van der Waals surface area contributed by atoms with Crippen molar-refractivity contribution in [3.63, 3.8) is 0 Å². The van der Waals surface area contributed by atoms with Gasteiger partial charge in [0.2, 0.25) is 0 Å². The van der Waals surface area contributed by atoms with Crippen LogP contribution < -0.4 is 4.74 Å². The van der Waals surface area contributed by atoms with Crippen LogP contribution >= 0.6 is 0 Å². The number of halogens is 4. The van der Waals surface area contributed by atoms with Gasteiger partial charge in [-0.05, 0) is 61.1 Å². The summed E-state index contributed by atoms with van der Waals surface area (Å²) < 4.78 is 56.3. The molecule has 0 heterocycles. The first-order valence-electron chi connectivity index (χ1n) is 10.8. The fourth-order valence-corrected chi connectivity index (χ4v) is 4.54. The normalized spacial score (nSPS) is 21.1. The van der Waals surface area contributed by atoms with E-state index in [9.17, 15) is 17.6 Å². The van der Waals surface area contributed by atoms with Crippen molar-refractivity contribution in [3.8, 4) is 5.75 Å². The zero-order valence-corrected chi connectivity index (χ0v) is 17.2. The molecule has 1 nitrogen and oxygen atoms in total. The summed E-state index contributed by atoms with van der Waals surface area (Å²) in [5.74, 6) is -1.46. The lowest BCUT2D eigenvalue weighted by Gasteiger charge is -2.29. The molecule has 0 aromatic heterocycles. The zero-order valence-electron chi connectivity index (χ0n) is 17.2. The molecule has 1 aromatic carbocycles. The molecule has 0 aliphatic heterocycles. The molecule has 2 rings (SSSR count). The largest absolute Gasteiger partial charge is 0.429 e. The molecule has 0 bridgehead atoms. The van der Waals surface area contributed by atoms with Gasteiger partial charge >= 0.3 is 6.61 Å². The van der Waals surface area contributed by atoms with E-state index in [0.717, 1.165) is 43.7 Å². The Bertz CT molecular complexity index is 559. The molecule has 1 atom stereocenters. The van der Waals surface area contributed by atoms with Crippen LogP contribution in [0.15, 0.2) is 12.1 Å². The van der Waals surface area contributed by atoms with E-state index < -0.39 is 24.0 Å². The first-order valence-corrected chi connectivity index (χ1v) is 10.8. The van der Waals surface area contributed by atoms with E-state index in [2.05, 4.69) is 18.6 Å². The lowest BCUT2D eigenvalue weighted by molar-refractivity contribution is -0.0546. The molecule has 1 aromatic rings. The van der Waals surface area contributed by atoms with Crippen molar-refractivity contribution in [2.45, 2.75) is 97.0 Å². The molecule has 0 radical (unpaired) electrons. The van der Waals surface area contributed by atoms with Gasteiger partial charge in [-0.15, -0.1) is 0 Å². The van der Waals surface area contributed by atoms with E-state index in [-0.39, 0.29) is 5.92 Å². The number of hydrogen-bond acceptors (Lipinski definition) is 1. The van der Waals surface area contributed by atoms with Crippen molar-refractivity contribution in [2.75, 3.05) is 0 Å². The lowest BCUT2D eigenvalue weighted by atomic mass is 9.77. The van der Waals surface area contributed by atoms with Gasteiger partial charge in [-0.3, -0.25) is 0 Å². The van der Waals surface area contributed by atoms with E-state index in [1.807, 2.05) is 0 Å². The van der Waals surface area contributed by atoms with Crippen LogP contribution in [0.2, 0.25) is 0 Å². The molecule has 0 N–H and O–H groups in total. The highest BCUT2D eigenvalue weighted by molar-refractivity contribution is 5.33. The second-order valence-corrected chi connectivity index (χ2v) is 8.44. The maximum absolute atomic E-state index is 13.9. The summed E-state index contributed by atoms with van der Waals surface area (Å²) in [6, 6.07) is 2.31. The topological polar surface area (TPSA) is 9.23 Å². The average Bonchev–Trinajstić information content (AvgIpc) is 2.65. The van der Waals surface area contributed by atoms with Gasteiger partial charge in [0.25, 0.3) is 0 Å². The second-order valence-electron chi connectivity index (χ2n) is 8.44. The maximum atomic E-state index is 13.9. The summed E-state index contributed by atoms with van der Waals surface area (Å²) in [7, 11) is 0. The summed E-state index contributed by atoms with van der Waals surface area (Å²) in [5, 5.41) is 0. The van der Waals surface area contributed by atoms with Crippen LogP contribution in [0.3, 0.4) is 0 Å². The predicted molar refractivity (Wildman–Crippen MR) is 105 cm³/mol. The van der Waals surface area contributed by atoms with Crippen molar-refractivity contribution in [1.82, 2.24) is 0 Å². The smallest absolute Gasteiger partial charge is 0.387 e. The van der Waals surface area contributed by atoms with Gasteiger partial charge in [0, 0.05) is 0 Å². The number of unbranched alkanes of at least 4 members (excludes halogenated alkanes) is 2. The number of benzene rings is 1. The monoisotopic (exact) mass is 402 g/mol. The van der Waals surface area contributed by atoms with Crippen molar-refractivity contribution in [2.24, 2.45) is 11.8 Å². The molecule has 160 valence electrons. The van der Waals surface area contributed by atoms with E-state index in [0.29, 0.717) is 11.5 Å². The lowest BCUT2D eigenvalue weighted by Crippen LogP contribution is -2.14. The third-order valence-electron chi connectivity index (χ3n) is 6.14.